The van der Waals surface area contributed by atoms with Crippen LogP contribution in [0.1, 0.15) is 5.01 Å². The first kappa shape index (κ1) is 9.26. The number of aromatic hydroxyl groups is 1. The van der Waals surface area contributed by atoms with Crippen molar-refractivity contribution < 1.29 is 18.3 Å². The number of hydrogen-bond acceptors (Lipinski definition) is 3. The van der Waals surface area contributed by atoms with Crippen LogP contribution in [-0.4, -0.2) is 10.1 Å². The van der Waals surface area contributed by atoms with Gasteiger partial charge in [-0.3, -0.25) is 0 Å². The zero-order valence-electron chi connectivity index (χ0n) is 6.67. The highest BCUT2D eigenvalue weighted by Gasteiger charge is 2.34. The highest BCUT2D eigenvalue weighted by Crippen LogP contribution is 2.36. The number of phenols is 1. The van der Waals surface area contributed by atoms with E-state index in [1.54, 1.807) is 0 Å². The Balaban J connectivity index is 2.63. The lowest BCUT2D eigenvalue weighted by atomic mass is 10.3. The van der Waals surface area contributed by atoms with Gasteiger partial charge >= 0.3 is 6.18 Å². The Hall–Kier alpha value is -1.30. The predicted octanol–water partition coefficient (Wildman–Crippen LogP) is 3.02. The lowest BCUT2D eigenvalue weighted by molar-refractivity contribution is -0.137. The van der Waals surface area contributed by atoms with Gasteiger partial charge in [0.2, 0.25) is 0 Å². The van der Waals surface area contributed by atoms with Crippen LogP contribution in [0.25, 0.3) is 10.2 Å². The molecule has 0 saturated carbocycles. The molecular weight excluding hydrogens is 215 g/mol. The second-order valence-electron chi connectivity index (χ2n) is 2.67. The second kappa shape index (κ2) is 2.84. The minimum atomic E-state index is -4.42. The van der Waals surface area contributed by atoms with Gasteiger partial charge in [-0.05, 0) is 18.2 Å². The molecule has 74 valence electrons. The van der Waals surface area contributed by atoms with E-state index in [2.05, 4.69) is 4.98 Å². The van der Waals surface area contributed by atoms with E-state index in [-0.39, 0.29) is 11.3 Å². The molecule has 6 heteroatoms. The van der Waals surface area contributed by atoms with Gasteiger partial charge in [-0.15, -0.1) is 11.3 Å². The van der Waals surface area contributed by atoms with Crippen molar-refractivity contribution in [3.05, 3.63) is 23.2 Å². The molecule has 1 N–H and O–H groups in total. The molecular formula is C8H4F3NOS. The fourth-order valence-corrected chi connectivity index (χ4v) is 1.90. The zero-order chi connectivity index (χ0) is 10.3. The summed E-state index contributed by atoms with van der Waals surface area (Å²) in [4.78, 5) is 3.41. The number of nitrogens with zero attached hydrogens (tertiary/aromatic N) is 1. The van der Waals surface area contributed by atoms with Crippen molar-refractivity contribution in [3.63, 3.8) is 0 Å². The summed E-state index contributed by atoms with van der Waals surface area (Å²) >= 11 is 0.522. The molecule has 0 fully saturated rings. The van der Waals surface area contributed by atoms with E-state index in [0.717, 1.165) is 0 Å². The quantitative estimate of drug-likeness (QED) is 0.738. The summed E-state index contributed by atoms with van der Waals surface area (Å²) in [5.74, 6) is -0.0603. The van der Waals surface area contributed by atoms with Gasteiger partial charge in [0, 0.05) is 0 Å². The van der Waals surface area contributed by atoms with E-state index in [9.17, 15) is 13.2 Å². The summed E-state index contributed by atoms with van der Waals surface area (Å²) in [7, 11) is 0. The number of aromatic nitrogens is 1. The highest BCUT2D eigenvalue weighted by atomic mass is 32.1. The van der Waals surface area contributed by atoms with Crippen molar-refractivity contribution in [2.24, 2.45) is 0 Å². The number of halogens is 3. The van der Waals surface area contributed by atoms with E-state index in [4.69, 9.17) is 5.11 Å². The van der Waals surface area contributed by atoms with Gasteiger partial charge in [0.05, 0.1) is 10.2 Å². The fraction of sp³-hybridized carbons (Fsp3) is 0.125. The van der Waals surface area contributed by atoms with Gasteiger partial charge in [-0.2, -0.15) is 13.2 Å². The van der Waals surface area contributed by atoms with Crippen LogP contribution >= 0.6 is 11.3 Å². The van der Waals surface area contributed by atoms with Crippen LogP contribution in [-0.2, 0) is 6.18 Å². The topological polar surface area (TPSA) is 33.1 Å². The average Bonchev–Trinajstić information content (AvgIpc) is 2.45. The molecule has 0 amide bonds. The smallest absolute Gasteiger partial charge is 0.443 e. The van der Waals surface area contributed by atoms with Crippen LogP contribution in [0.4, 0.5) is 13.2 Å². The minimum Gasteiger partial charge on any atom is -0.508 e. The first-order valence-electron chi connectivity index (χ1n) is 3.63. The highest BCUT2D eigenvalue weighted by molar-refractivity contribution is 7.18. The van der Waals surface area contributed by atoms with Crippen molar-refractivity contribution >= 4 is 21.6 Å². The number of fused-ring (bicyclic) bond motifs is 1. The van der Waals surface area contributed by atoms with Gasteiger partial charge < -0.3 is 5.11 Å². The van der Waals surface area contributed by atoms with E-state index in [1.807, 2.05) is 0 Å². The minimum absolute atomic E-state index is 0.0603. The summed E-state index contributed by atoms with van der Waals surface area (Å²) < 4.78 is 37.0. The number of rotatable bonds is 0. The molecule has 0 aliphatic rings. The summed E-state index contributed by atoms with van der Waals surface area (Å²) in [5.41, 5.74) is 0.250. The van der Waals surface area contributed by atoms with Crippen molar-refractivity contribution in [3.8, 4) is 5.75 Å². The normalized spacial score (nSPS) is 12.2. The summed E-state index contributed by atoms with van der Waals surface area (Å²) in [5, 5.41) is 8.15. The monoisotopic (exact) mass is 219 g/mol. The van der Waals surface area contributed by atoms with Crippen molar-refractivity contribution in [1.29, 1.82) is 0 Å². The molecule has 0 atom stereocenters. The van der Waals surface area contributed by atoms with E-state index in [1.165, 1.54) is 18.2 Å². The van der Waals surface area contributed by atoms with Crippen LogP contribution in [0.15, 0.2) is 18.2 Å². The number of hydrogen-bond donors (Lipinski definition) is 1. The van der Waals surface area contributed by atoms with Gasteiger partial charge in [-0.1, -0.05) is 0 Å². The number of thiazole rings is 1. The molecule has 0 saturated heterocycles. The van der Waals surface area contributed by atoms with E-state index >= 15 is 0 Å². The fourth-order valence-electron chi connectivity index (χ4n) is 1.03. The Bertz CT molecular complexity index is 477. The first-order valence-corrected chi connectivity index (χ1v) is 4.45. The summed E-state index contributed by atoms with van der Waals surface area (Å²) in [6.45, 7) is 0. The van der Waals surface area contributed by atoms with E-state index < -0.39 is 11.2 Å². The van der Waals surface area contributed by atoms with E-state index in [0.29, 0.717) is 16.0 Å². The van der Waals surface area contributed by atoms with Crippen LogP contribution in [0.2, 0.25) is 0 Å². The maximum atomic E-state index is 12.2. The molecule has 1 aromatic heterocycles. The molecule has 0 aliphatic heterocycles. The maximum Gasteiger partial charge on any atom is 0.443 e. The third kappa shape index (κ3) is 1.52. The number of alkyl halides is 3. The van der Waals surface area contributed by atoms with Gasteiger partial charge in [-0.25, -0.2) is 4.98 Å². The molecule has 1 heterocycles. The van der Waals surface area contributed by atoms with Gasteiger partial charge in [0.1, 0.15) is 5.75 Å². The number of phenolic OH excluding ortho intramolecular Hbond substituents is 1. The average molecular weight is 219 g/mol. The molecule has 2 rings (SSSR count). The molecule has 2 nitrogen and oxygen atoms in total. The molecule has 0 bridgehead atoms. The Morgan fingerprint density at radius 2 is 2.00 bits per heavy atom. The van der Waals surface area contributed by atoms with Crippen molar-refractivity contribution in [2.45, 2.75) is 6.18 Å². The van der Waals surface area contributed by atoms with Crippen LogP contribution in [0.5, 0.6) is 5.75 Å². The molecule has 1 aromatic carbocycles. The predicted molar refractivity (Wildman–Crippen MR) is 46.3 cm³/mol. The molecule has 2 aromatic rings. The lowest BCUT2D eigenvalue weighted by Crippen LogP contribution is -2.03. The Kier molecular flexibility index (Phi) is 1.88. The third-order valence-electron chi connectivity index (χ3n) is 1.61. The molecule has 14 heavy (non-hydrogen) atoms. The SMILES string of the molecule is Oc1ccc2nc(C(F)(F)F)sc2c1. The van der Waals surface area contributed by atoms with Crippen molar-refractivity contribution in [1.82, 2.24) is 4.98 Å². The first-order chi connectivity index (χ1) is 6.47. The van der Waals surface area contributed by atoms with Crippen LogP contribution < -0.4 is 0 Å². The Morgan fingerprint density at radius 3 is 2.64 bits per heavy atom. The summed E-state index contributed by atoms with van der Waals surface area (Å²) in [6.07, 6.45) is -4.42. The third-order valence-corrected chi connectivity index (χ3v) is 2.68. The summed E-state index contributed by atoms with van der Waals surface area (Å²) in [6, 6.07) is 3.93. The van der Waals surface area contributed by atoms with Gasteiger partial charge in [0.25, 0.3) is 0 Å². The van der Waals surface area contributed by atoms with Crippen LogP contribution in [0, 0.1) is 0 Å². The Labute approximate surface area is 80.6 Å². The van der Waals surface area contributed by atoms with Crippen molar-refractivity contribution in [2.75, 3.05) is 0 Å². The Morgan fingerprint density at radius 1 is 1.29 bits per heavy atom. The molecule has 0 spiro atoms. The largest absolute Gasteiger partial charge is 0.508 e. The molecule has 0 radical (unpaired) electrons. The maximum absolute atomic E-state index is 12.2. The molecule has 0 unspecified atom stereocenters. The van der Waals surface area contributed by atoms with Gasteiger partial charge in [0.15, 0.2) is 5.01 Å². The zero-order valence-corrected chi connectivity index (χ0v) is 7.49. The second-order valence-corrected chi connectivity index (χ2v) is 3.70. The lowest BCUT2D eigenvalue weighted by Gasteiger charge is -1.98. The standard InChI is InChI=1S/C8H4F3NOS/c9-8(10,11)7-12-5-2-1-4(13)3-6(5)14-7/h1-3,13H. The number of benzene rings is 1. The molecule has 0 aliphatic carbocycles. The van der Waals surface area contributed by atoms with Crippen LogP contribution in [0.3, 0.4) is 0 Å².